The molecule has 0 aliphatic rings. The smallest absolute Gasteiger partial charge is 0.271 e. The zero-order chi connectivity index (χ0) is 23.0. The Balaban J connectivity index is 1.30. The lowest BCUT2D eigenvalue weighted by Gasteiger charge is -2.06. The monoisotopic (exact) mass is 477 g/mol. The molecule has 0 radical (unpaired) electrons. The van der Waals surface area contributed by atoms with Gasteiger partial charge in [-0.15, -0.1) is 11.3 Å². The molecule has 1 heterocycles. The molecule has 0 saturated carbocycles. The maximum Gasteiger partial charge on any atom is 0.271 e. The van der Waals surface area contributed by atoms with Gasteiger partial charge in [-0.05, 0) is 48.4 Å². The van der Waals surface area contributed by atoms with Crippen molar-refractivity contribution in [3.8, 4) is 11.5 Å². The Kier molecular flexibility index (Phi) is 7.59. The Labute approximate surface area is 200 Å². The highest BCUT2D eigenvalue weighted by molar-refractivity contribution is 8.00. The first kappa shape index (κ1) is 22.8. The van der Waals surface area contributed by atoms with Gasteiger partial charge in [0.1, 0.15) is 11.5 Å². The minimum absolute atomic E-state index is 0.0385. The van der Waals surface area contributed by atoms with Gasteiger partial charge in [0.25, 0.3) is 5.91 Å². The van der Waals surface area contributed by atoms with Gasteiger partial charge in [-0.1, -0.05) is 43.0 Å². The van der Waals surface area contributed by atoms with E-state index in [2.05, 4.69) is 21.6 Å². The number of thioether (sulfide) groups is 1. The number of thiazole rings is 1. The summed E-state index contributed by atoms with van der Waals surface area (Å²) in [7, 11) is 0. The van der Waals surface area contributed by atoms with Crippen LogP contribution in [-0.4, -0.2) is 28.8 Å². The Hall–Kier alpha value is -3.36. The second-order valence-electron chi connectivity index (χ2n) is 7.20. The number of para-hydroxylation sites is 1. The highest BCUT2D eigenvalue weighted by Crippen LogP contribution is 2.31. The van der Waals surface area contributed by atoms with Crippen LogP contribution in [0.25, 0.3) is 10.2 Å². The molecule has 0 unspecified atom stereocenters. The summed E-state index contributed by atoms with van der Waals surface area (Å²) < 4.78 is 7.69. The quantitative estimate of drug-likeness (QED) is 0.180. The van der Waals surface area contributed by atoms with Crippen molar-refractivity contribution < 1.29 is 14.6 Å². The second-order valence-corrected chi connectivity index (χ2v) is 9.45. The van der Waals surface area contributed by atoms with Crippen molar-refractivity contribution in [2.45, 2.75) is 23.4 Å². The number of carbonyl (C=O) groups excluding carboxylic acids is 1. The number of amides is 1. The van der Waals surface area contributed by atoms with Gasteiger partial charge >= 0.3 is 0 Å². The molecular formula is C25H23N3O3S2. The van der Waals surface area contributed by atoms with Crippen molar-refractivity contribution in [2.75, 3.05) is 6.61 Å². The highest BCUT2D eigenvalue weighted by atomic mass is 32.2. The van der Waals surface area contributed by atoms with E-state index in [1.807, 2.05) is 37.3 Å². The number of hydrazone groups is 1. The molecule has 6 nitrogen and oxygen atoms in total. The number of hydrogen-bond acceptors (Lipinski definition) is 7. The number of nitrogens with one attached hydrogen (secondary N) is 1. The summed E-state index contributed by atoms with van der Waals surface area (Å²) in [6, 6.07) is 20.5. The molecule has 33 heavy (non-hydrogen) atoms. The minimum Gasteiger partial charge on any atom is -0.507 e. The lowest BCUT2D eigenvalue weighted by atomic mass is 10.1. The van der Waals surface area contributed by atoms with E-state index in [-0.39, 0.29) is 11.7 Å². The average molecular weight is 478 g/mol. The molecule has 4 rings (SSSR count). The molecule has 1 amide bonds. The summed E-state index contributed by atoms with van der Waals surface area (Å²) in [4.78, 5) is 17.0. The molecule has 4 aromatic rings. The first-order valence-corrected chi connectivity index (χ1v) is 12.3. The molecule has 8 heteroatoms. The third-order valence-corrected chi connectivity index (χ3v) is 6.95. The fourth-order valence-corrected chi connectivity index (χ4v) is 5.00. The van der Waals surface area contributed by atoms with Crippen LogP contribution >= 0.6 is 23.1 Å². The highest BCUT2D eigenvalue weighted by Gasteiger charge is 2.07. The van der Waals surface area contributed by atoms with Crippen LogP contribution in [-0.2, 0) is 5.75 Å². The third kappa shape index (κ3) is 6.12. The van der Waals surface area contributed by atoms with Crippen LogP contribution in [0.4, 0.5) is 0 Å². The maximum atomic E-state index is 12.4. The van der Waals surface area contributed by atoms with Gasteiger partial charge in [0, 0.05) is 22.9 Å². The number of carbonyl (C=O) groups is 1. The maximum absolute atomic E-state index is 12.4. The normalized spacial score (nSPS) is 11.2. The Morgan fingerprint density at radius 2 is 2.00 bits per heavy atom. The van der Waals surface area contributed by atoms with Crippen LogP contribution in [0.1, 0.15) is 34.8 Å². The Bertz CT molecular complexity index is 1240. The molecule has 0 aliphatic carbocycles. The largest absolute Gasteiger partial charge is 0.507 e. The van der Waals surface area contributed by atoms with Gasteiger partial charge in [0.05, 0.1) is 23.0 Å². The lowest BCUT2D eigenvalue weighted by Crippen LogP contribution is -2.17. The number of nitrogens with zero attached hydrogens (tertiary/aromatic N) is 2. The van der Waals surface area contributed by atoms with Gasteiger partial charge in [0.15, 0.2) is 4.34 Å². The second kappa shape index (κ2) is 11.0. The number of aromatic hydroxyl groups is 1. The summed E-state index contributed by atoms with van der Waals surface area (Å²) in [5.41, 5.74) is 5.61. The van der Waals surface area contributed by atoms with Crippen LogP contribution in [0.2, 0.25) is 0 Å². The third-order valence-electron chi connectivity index (χ3n) is 4.70. The Morgan fingerprint density at radius 1 is 1.18 bits per heavy atom. The molecule has 0 fully saturated rings. The van der Waals surface area contributed by atoms with E-state index in [1.165, 1.54) is 17.0 Å². The topological polar surface area (TPSA) is 83.8 Å². The van der Waals surface area contributed by atoms with E-state index in [0.717, 1.165) is 27.6 Å². The summed E-state index contributed by atoms with van der Waals surface area (Å²) in [5, 5.41) is 14.0. The average Bonchev–Trinajstić information content (AvgIpc) is 3.26. The molecule has 0 bridgehead atoms. The van der Waals surface area contributed by atoms with E-state index < -0.39 is 0 Å². The van der Waals surface area contributed by atoms with E-state index >= 15 is 0 Å². The number of rotatable bonds is 9. The first-order valence-electron chi connectivity index (χ1n) is 10.5. The molecule has 0 aliphatic heterocycles. The van der Waals surface area contributed by atoms with Crippen molar-refractivity contribution in [2.24, 2.45) is 5.10 Å². The molecule has 0 spiro atoms. The minimum atomic E-state index is -0.320. The van der Waals surface area contributed by atoms with Gasteiger partial charge in [0.2, 0.25) is 0 Å². The van der Waals surface area contributed by atoms with Crippen LogP contribution in [0.15, 0.2) is 76.2 Å². The number of fused-ring (bicyclic) bond motifs is 1. The predicted octanol–water partition coefficient (Wildman–Crippen LogP) is 5.85. The van der Waals surface area contributed by atoms with E-state index in [1.54, 1.807) is 47.4 Å². The Morgan fingerprint density at radius 3 is 2.76 bits per heavy atom. The number of phenolic OH excluding ortho intramolecular Hbond substituents is 1. The number of hydrogen-bond donors (Lipinski definition) is 2. The van der Waals surface area contributed by atoms with Gasteiger partial charge in [-0.25, -0.2) is 10.4 Å². The number of benzene rings is 3. The fourth-order valence-electron chi connectivity index (χ4n) is 2.98. The summed E-state index contributed by atoms with van der Waals surface area (Å²) in [5.74, 6) is 1.09. The molecular weight excluding hydrogens is 454 g/mol. The van der Waals surface area contributed by atoms with Crippen LogP contribution < -0.4 is 10.2 Å². The lowest BCUT2D eigenvalue weighted by molar-refractivity contribution is 0.0955. The van der Waals surface area contributed by atoms with Crippen molar-refractivity contribution in [3.63, 3.8) is 0 Å². The molecule has 168 valence electrons. The van der Waals surface area contributed by atoms with Crippen molar-refractivity contribution in [1.82, 2.24) is 10.4 Å². The van der Waals surface area contributed by atoms with E-state index in [0.29, 0.717) is 23.5 Å². The van der Waals surface area contributed by atoms with Gasteiger partial charge < -0.3 is 9.84 Å². The number of phenols is 1. The zero-order valence-electron chi connectivity index (χ0n) is 18.0. The molecule has 0 atom stereocenters. The van der Waals surface area contributed by atoms with Crippen LogP contribution in [0.5, 0.6) is 11.5 Å². The fraction of sp³-hybridized carbons (Fsp3) is 0.160. The number of ether oxygens (including phenoxy) is 1. The van der Waals surface area contributed by atoms with Crippen LogP contribution in [0, 0.1) is 0 Å². The van der Waals surface area contributed by atoms with Crippen molar-refractivity contribution in [3.05, 3.63) is 83.4 Å². The predicted molar refractivity (Wildman–Crippen MR) is 135 cm³/mol. The van der Waals surface area contributed by atoms with Crippen molar-refractivity contribution >= 4 is 45.4 Å². The standard InChI is InChI=1S/C25H23N3O3S2/c1-2-13-31-20-12-11-19(22(29)14-20)15-26-28-24(30)18-9-7-17(8-10-18)16-32-25-27-21-5-3-4-6-23(21)33-25/h3-12,14-15,29H,2,13,16H2,1H3,(H,28,30). The van der Waals surface area contributed by atoms with E-state index in [9.17, 15) is 9.90 Å². The molecule has 0 saturated heterocycles. The first-order chi connectivity index (χ1) is 16.1. The molecule has 1 aromatic heterocycles. The van der Waals surface area contributed by atoms with Gasteiger partial charge in [-0.3, -0.25) is 4.79 Å². The summed E-state index contributed by atoms with van der Waals surface area (Å²) >= 11 is 3.37. The van der Waals surface area contributed by atoms with Gasteiger partial charge in [-0.2, -0.15) is 5.10 Å². The van der Waals surface area contributed by atoms with E-state index in [4.69, 9.17) is 4.74 Å². The SMILES string of the molecule is CCCOc1ccc(C=NNC(=O)c2ccc(CSc3nc4ccccc4s3)cc2)c(O)c1. The van der Waals surface area contributed by atoms with Crippen LogP contribution in [0.3, 0.4) is 0 Å². The zero-order valence-corrected chi connectivity index (χ0v) is 19.7. The molecule has 2 N–H and O–H groups in total. The number of aromatic nitrogens is 1. The van der Waals surface area contributed by atoms with Crippen molar-refractivity contribution in [1.29, 1.82) is 0 Å². The summed E-state index contributed by atoms with van der Waals surface area (Å²) in [6.07, 6.45) is 2.29. The molecule has 3 aromatic carbocycles. The summed E-state index contributed by atoms with van der Waals surface area (Å²) in [6.45, 7) is 2.60.